The van der Waals surface area contributed by atoms with Crippen molar-refractivity contribution >= 4 is 5.97 Å². The van der Waals surface area contributed by atoms with Crippen LogP contribution in [0.4, 0.5) is 4.39 Å². The molecule has 0 radical (unpaired) electrons. The lowest BCUT2D eigenvalue weighted by atomic mass is 10.3. The van der Waals surface area contributed by atoms with E-state index in [9.17, 15) is 4.39 Å². The fourth-order valence-corrected chi connectivity index (χ4v) is 0.288. The molecule has 0 aliphatic rings. The van der Waals surface area contributed by atoms with Crippen LogP contribution in [-0.2, 0) is 0 Å². The van der Waals surface area contributed by atoms with Crippen molar-refractivity contribution in [3.05, 3.63) is 37.1 Å². The second-order valence-corrected chi connectivity index (χ2v) is 1.82. The summed E-state index contributed by atoms with van der Waals surface area (Å²) in [5.41, 5.74) is 0.834. The number of rotatable bonds is 3. The van der Waals surface area contributed by atoms with Crippen LogP contribution in [0.25, 0.3) is 0 Å². The monoisotopic (exact) mass is 139 g/mol. The Morgan fingerprint density at radius 1 is 1.60 bits per heavy atom. The van der Waals surface area contributed by atoms with Crippen LogP contribution in [-0.4, -0.2) is 5.97 Å². The quantitative estimate of drug-likeness (QED) is 0.421. The van der Waals surface area contributed by atoms with Gasteiger partial charge in [-0.1, -0.05) is 18.7 Å². The molecule has 0 aromatic rings. The number of halogens is 1. The van der Waals surface area contributed by atoms with E-state index in [4.69, 9.17) is 0 Å². The summed E-state index contributed by atoms with van der Waals surface area (Å²) < 4.78 is 12.1. The molecule has 2 heteroatoms. The van der Waals surface area contributed by atoms with Gasteiger partial charge in [-0.2, -0.15) is 4.39 Å². The molecule has 0 rings (SSSR count). The first-order valence-corrected chi connectivity index (χ1v) is 2.84. The average molecular weight is 139 g/mol. The van der Waals surface area contributed by atoms with Crippen LogP contribution in [0.1, 0.15) is 6.92 Å². The lowest BCUT2D eigenvalue weighted by Gasteiger charge is -1.81. The maximum absolute atomic E-state index is 12.1. The van der Waals surface area contributed by atoms with Gasteiger partial charge in [0, 0.05) is 6.20 Å². The summed E-state index contributed by atoms with van der Waals surface area (Å²) in [5, 5.41) is 0. The molecule has 0 amide bonds. The maximum atomic E-state index is 12.1. The van der Waals surface area contributed by atoms with Gasteiger partial charge in [0.25, 0.3) is 0 Å². The summed E-state index contributed by atoms with van der Waals surface area (Å²) in [7, 11) is 0. The van der Waals surface area contributed by atoms with Gasteiger partial charge in [-0.15, -0.1) is 0 Å². The Balaban J connectivity index is 3.93. The first-order valence-electron chi connectivity index (χ1n) is 2.84. The standard InChI is InChI=1S/C8H10FN/c1-4-8(9)10-6-5-7(2)3/h4-6H,1-2H2,3H3/b6-5-,10-8+. The molecule has 10 heavy (non-hydrogen) atoms. The maximum Gasteiger partial charge on any atom is 0.212 e. The second-order valence-electron chi connectivity index (χ2n) is 1.82. The molecule has 0 aromatic carbocycles. The van der Waals surface area contributed by atoms with Gasteiger partial charge < -0.3 is 0 Å². The van der Waals surface area contributed by atoms with Crippen molar-refractivity contribution < 1.29 is 4.39 Å². The highest BCUT2D eigenvalue weighted by Crippen LogP contribution is 1.90. The highest BCUT2D eigenvalue weighted by Gasteiger charge is 1.80. The largest absolute Gasteiger partial charge is 0.228 e. The molecule has 0 aliphatic heterocycles. The Labute approximate surface area is 60.3 Å². The van der Waals surface area contributed by atoms with E-state index in [0.717, 1.165) is 11.6 Å². The van der Waals surface area contributed by atoms with Gasteiger partial charge >= 0.3 is 0 Å². The highest BCUT2D eigenvalue weighted by molar-refractivity contribution is 5.86. The normalized spacial score (nSPS) is 12.0. The first kappa shape index (κ1) is 8.82. The number of nitrogens with zero attached hydrogens (tertiary/aromatic N) is 1. The Bertz CT molecular complexity index is 189. The Hall–Kier alpha value is -1.18. The molecule has 0 heterocycles. The van der Waals surface area contributed by atoms with E-state index < -0.39 is 5.97 Å². The average Bonchev–Trinajstić information content (AvgIpc) is 1.87. The van der Waals surface area contributed by atoms with Gasteiger partial charge in [-0.05, 0) is 19.1 Å². The number of aliphatic imine (C=N–C) groups is 1. The Morgan fingerprint density at radius 3 is 2.60 bits per heavy atom. The van der Waals surface area contributed by atoms with E-state index >= 15 is 0 Å². The minimum Gasteiger partial charge on any atom is -0.228 e. The van der Waals surface area contributed by atoms with E-state index in [-0.39, 0.29) is 0 Å². The fourth-order valence-electron chi connectivity index (χ4n) is 0.288. The molecule has 1 nitrogen and oxygen atoms in total. The van der Waals surface area contributed by atoms with Crippen LogP contribution in [0.15, 0.2) is 42.1 Å². The zero-order valence-corrected chi connectivity index (χ0v) is 5.97. The molecule has 0 saturated heterocycles. The van der Waals surface area contributed by atoms with Crippen LogP contribution in [0.5, 0.6) is 0 Å². The molecule has 0 atom stereocenters. The van der Waals surface area contributed by atoms with Crippen LogP contribution in [0.3, 0.4) is 0 Å². The van der Waals surface area contributed by atoms with Crippen molar-refractivity contribution in [3.63, 3.8) is 0 Å². The first-order chi connectivity index (χ1) is 4.66. The van der Waals surface area contributed by atoms with Crippen molar-refractivity contribution in [2.45, 2.75) is 6.92 Å². The van der Waals surface area contributed by atoms with Gasteiger partial charge in [-0.3, -0.25) is 0 Å². The molecule has 0 N–H and O–H groups in total. The second kappa shape index (κ2) is 4.68. The van der Waals surface area contributed by atoms with Gasteiger partial charge in [-0.25, -0.2) is 4.99 Å². The third-order valence-electron chi connectivity index (χ3n) is 0.725. The molecular formula is C8H10FN. The summed E-state index contributed by atoms with van der Waals surface area (Å²) in [6, 6.07) is 0. The summed E-state index contributed by atoms with van der Waals surface area (Å²) in [6.07, 6.45) is 4.01. The minimum atomic E-state index is -0.586. The van der Waals surface area contributed by atoms with Crippen molar-refractivity contribution in [1.82, 2.24) is 0 Å². The van der Waals surface area contributed by atoms with E-state index in [1.165, 1.54) is 6.20 Å². The summed E-state index contributed by atoms with van der Waals surface area (Å²) in [4.78, 5) is 3.37. The number of hydrogen-bond donors (Lipinski definition) is 0. The van der Waals surface area contributed by atoms with Crippen molar-refractivity contribution in [1.29, 1.82) is 0 Å². The lowest BCUT2D eigenvalue weighted by molar-refractivity contribution is 0.813. The van der Waals surface area contributed by atoms with Gasteiger partial charge in [0.15, 0.2) is 0 Å². The molecule has 0 bridgehead atoms. The van der Waals surface area contributed by atoms with Crippen LogP contribution in [0.2, 0.25) is 0 Å². The predicted octanol–water partition coefficient (Wildman–Crippen LogP) is 2.63. The topological polar surface area (TPSA) is 12.4 Å². The molecule has 54 valence electrons. The van der Waals surface area contributed by atoms with Gasteiger partial charge in [0.2, 0.25) is 5.97 Å². The van der Waals surface area contributed by atoms with Gasteiger partial charge in [0.05, 0.1) is 0 Å². The zero-order valence-electron chi connectivity index (χ0n) is 5.97. The molecule has 0 unspecified atom stereocenters. The molecule has 0 saturated carbocycles. The van der Waals surface area contributed by atoms with Crippen molar-refractivity contribution in [2.24, 2.45) is 4.99 Å². The van der Waals surface area contributed by atoms with Crippen molar-refractivity contribution in [3.8, 4) is 0 Å². The third-order valence-corrected chi connectivity index (χ3v) is 0.725. The van der Waals surface area contributed by atoms with E-state index in [2.05, 4.69) is 18.2 Å². The SMILES string of the molecule is C=C/C(F)=N\C=C/C(=C)C. The lowest BCUT2D eigenvalue weighted by Crippen LogP contribution is -1.75. The fraction of sp³-hybridized carbons (Fsp3) is 0.125. The molecular weight excluding hydrogens is 129 g/mol. The Kier molecular flexibility index (Phi) is 4.12. The van der Waals surface area contributed by atoms with Crippen LogP contribution in [0, 0.1) is 0 Å². The molecule has 0 aliphatic carbocycles. The molecule has 0 fully saturated rings. The number of allylic oxidation sites excluding steroid dienone is 3. The van der Waals surface area contributed by atoms with Crippen molar-refractivity contribution in [2.75, 3.05) is 0 Å². The zero-order chi connectivity index (χ0) is 7.98. The van der Waals surface area contributed by atoms with Crippen LogP contribution < -0.4 is 0 Å². The summed E-state index contributed by atoms with van der Waals surface area (Å²) in [6.45, 7) is 8.57. The molecule has 0 spiro atoms. The number of hydrogen-bond acceptors (Lipinski definition) is 1. The van der Waals surface area contributed by atoms with Crippen LogP contribution >= 0.6 is 0 Å². The predicted molar refractivity (Wildman–Crippen MR) is 42.7 cm³/mol. The summed E-state index contributed by atoms with van der Waals surface area (Å²) in [5.74, 6) is -0.586. The van der Waals surface area contributed by atoms with E-state index in [0.29, 0.717) is 0 Å². The van der Waals surface area contributed by atoms with E-state index in [1.54, 1.807) is 13.0 Å². The van der Waals surface area contributed by atoms with Gasteiger partial charge in [0.1, 0.15) is 0 Å². The molecule has 0 aromatic heterocycles. The highest BCUT2D eigenvalue weighted by atomic mass is 19.1. The summed E-state index contributed by atoms with van der Waals surface area (Å²) >= 11 is 0. The minimum absolute atomic E-state index is 0.586. The van der Waals surface area contributed by atoms with E-state index in [1.807, 2.05) is 0 Å². The third kappa shape index (κ3) is 4.97. The Morgan fingerprint density at radius 2 is 2.20 bits per heavy atom. The smallest absolute Gasteiger partial charge is 0.212 e.